The van der Waals surface area contributed by atoms with E-state index in [1.54, 1.807) is 82.4 Å². The van der Waals surface area contributed by atoms with E-state index in [0.29, 0.717) is 16.8 Å². The molecule has 2 aromatic carbocycles. The van der Waals surface area contributed by atoms with E-state index in [0.717, 1.165) is 0 Å². The Labute approximate surface area is 164 Å². The Morgan fingerprint density at radius 3 is 2.18 bits per heavy atom. The van der Waals surface area contributed by atoms with Crippen LogP contribution in [0.2, 0.25) is 0 Å². The van der Waals surface area contributed by atoms with Gasteiger partial charge in [-0.2, -0.15) is 0 Å². The maximum atomic E-state index is 13.4. The highest BCUT2D eigenvalue weighted by Gasteiger charge is 2.69. The molecule has 0 aromatic heterocycles. The molecule has 0 spiro atoms. The molecule has 28 heavy (non-hydrogen) atoms. The molecule has 0 fully saturated rings. The largest absolute Gasteiger partial charge is 0.467 e. The van der Waals surface area contributed by atoms with Gasteiger partial charge in [0.2, 0.25) is 11.2 Å². The lowest BCUT2D eigenvalue weighted by Crippen LogP contribution is -2.63. The zero-order valence-corrected chi connectivity index (χ0v) is 16.7. The molecule has 3 rings (SSSR count). The van der Waals surface area contributed by atoms with Crippen LogP contribution in [-0.2, 0) is 30.3 Å². The predicted octanol–water partition coefficient (Wildman–Crippen LogP) is 2.73. The third kappa shape index (κ3) is 2.72. The minimum absolute atomic E-state index is 0.293. The van der Waals surface area contributed by atoms with E-state index in [1.807, 2.05) is 0 Å². The van der Waals surface area contributed by atoms with Crippen LogP contribution in [0.1, 0.15) is 31.9 Å². The lowest BCUT2D eigenvalue weighted by atomic mass is 9.73. The number of carbonyl (C=O) groups is 2. The van der Waals surface area contributed by atoms with Gasteiger partial charge in [-0.05, 0) is 32.4 Å². The van der Waals surface area contributed by atoms with Gasteiger partial charge in [-0.15, -0.1) is 0 Å². The first-order chi connectivity index (χ1) is 13.1. The number of hydrogen-bond acceptors (Lipinski definition) is 5. The first kappa shape index (κ1) is 20.0. The number of amides is 1. The molecule has 0 saturated heterocycles. The number of carbonyl (C=O) groups excluding carboxylic acids is 2. The second-order valence-corrected chi connectivity index (χ2v) is 7.84. The molecule has 2 atom stereocenters. The second kappa shape index (κ2) is 6.72. The summed E-state index contributed by atoms with van der Waals surface area (Å²) >= 11 is 0. The molecule has 0 unspecified atom stereocenters. The summed E-state index contributed by atoms with van der Waals surface area (Å²) in [4.78, 5) is 28.0. The van der Waals surface area contributed by atoms with Gasteiger partial charge in [0.15, 0.2) is 0 Å². The molecule has 6 nitrogen and oxygen atoms in total. The van der Waals surface area contributed by atoms with Crippen LogP contribution in [0.25, 0.3) is 0 Å². The first-order valence-electron chi connectivity index (χ1n) is 9.03. The molecule has 1 aliphatic rings. The van der Waals surface area contributed by atoms with Crippen molar-refractivity contribution in [2.24, 2.45) is 0 Å². The molecule has 0 radical (unpaired) electrons. The fraction of sp³-hybridized carbons (Fsp3) is 0.364. The van der Waals surface area contributed by atoms with Crippen molar-refractivity contribution < 1.29 is 24.2 Å². The number of para-hydroxylation sites is 1. The summed E-state index contributed by atoms with van der Waals surface area (Å²) in [6.07, 6.45) is 0. The third-order valence-electron chi connectivity index (χ3n) is 4.89. The van der Waals surface area contributed by atoms with Crippen LogP contribution in [0.15, 0.2) is 54.6 Å². The van der Waals surface area contributed by atoms with Crippen molar-refractivity contribution in [1.29, 1.82) is 0 Å². The number of esters is 1. The van der Waals surface area contributed by atoms with Crippen LogP contribution in [0, 0.1) is 0 Å². The molecule has 148 valence electrons. The Hall–Kier alpha value is -2.70. The van der Waals surface area contributed by atoms with E-state index < -0.39 is 28.7 Å². The number of aliphatic hydroxyl groups is 1. The number of nitrogens with zero attached hydrogens (tertiary/aromatic N) is 1. The minimum Gasteiger partial charge on any atom is -0.467 e. The fourth-order valence-electron chi connectivity index (χ4n) is 3.80. The standard InChI is InChI=1S/C22H25NO5/c1-20(2,3)28-22(19(25)27-5,15-11-7-6-8-12-15)21(26)16-13-9-10-14-17(16)23(4)18(21)24/h6-14,26H,1-5H3/t21-,22+/m1/s1. The molecule has 0 saturated carbocycles. The third-order valence-corrected chi connectivity index (χ3v) is 4.89. The van der Waals surface area contributed by atoms with Gasteiger partial charge in [0.25, 0.3) is 5.91 Å². The zero-order valence-electron chi connectivity index (χ0n) is 16.7. The van der Waals surface area contributed by atoms with Gasteiger partial charge in [-0.1, -0.05) is 48.5 Å². The average Bonchev–Trinajstić information content (AvgIpc) is 2.88. The highest BCUT2D eigenvalue weighted by molar-refractivity contribution is 6.10. The smallest absolute Gasteiger partial charge is 0.346 e. The van der Waals surface area contributed by atoms with Gasteiger partial charge < -0.3 is 19.5 Å². The molecular weight excluding hydrogens is 358 g/mol. The number of fused-ring (bicyclic) bond motifs is 1. The van der Waals surface area contributed by atoms with E-state index in [4.69, 9.17) is 9.47 Å². The van der Waals surface area contributed by atoms with Gasteiger partial charge in [0.1, 0.15) is 0 Å². The van der Waals surface area contributed by atoms with E-state index in [1.165, 1.54) is 12.0 Å². The number of hydrogen-bond donors (Lipinski definition) is 1. The summed E-state index contributed by atoms with van der Waals surface area (Å²) in [5.74, 6) is -1.51. The maximum absolute atomic E-state index is 13.4. The van der Waals surface area contributed by atoms with Crippen molar-refractivity contribution >= 4 is 17.6 Å². The minimum atomic E-state index is -2.31. The summed E-state index contributed by atoms with van der Waals surface area (Å²) in [5, 5.41) is 12.0. The average molecular weight is 383 g/mol. The van der Waals surface area contributed by atoms with E-state index in [9.17, 15) is 14.7 Å². The second-order valence-electron chi connectivity index (χ2n) is 7.84. The summed E-state index contributed by atoms with van der Waals surface area (Å²) in [6.45, 7) is 5.27. The van der Waals surface area contributed by atoms with Crippen LogP contribution in [0.5, 0.6) is 0 Å². The Morgan fingerprint density at radius 1 is 1.04 bits per heavy atom. The van der Waals surface area contributed by atoms with Gasteiger partial charge in [0.05, 0.1) is 18.4 Å². The fourth-order valence-corrected chi connectivity index (χ4v) is 3.80. The van der Waals surface area contributed by atoms with Crippen molar-refractivity contribution in [1.82, 2.24) is 0 Å². The van der Waals surface area contributed by atoms with Gasteiger partial charge in [-0.25, -0.2) is 4.79 Å². The topological polar surface area (TPSA) is 76.1 Å². The Morgan fingerprint density at radius 2 is 1.61 bits per heavy atom. The van der Waals surface area contributed by atoms with Crippen LogP contribution in [-0.4, -0.2) is 36.7 Å². The monoisotopic (exact) mass is 383 g/mol. The molecule has 6 heteroatoms. The normalized spacial score (nSPS) is 21.2. The van der Waals surface area contributed by atoms with Crippen LogP contribution < -0.4 is 4.90 Å². The number of anilines is 1. The predicted molar refractivity (Wildman–Crippen MR) is 105 cm³/mol. The first-order valence-corrected chi connectivity index (χ1v) is 9.03. The molecule has 1 amide bonds. The SMILES string of the molecule is COC(=O)[C@@](OC(C)(C)C)(c1ccccc1)[C@]1(O)C(=O)N(C)c2ccccc21. The van der Waals surface area contributed by atoms with Gasteiger partial charge in [-0.3, -0.25) is 4.79 Å². The van der Waals surface area contributed by atoms with Crippen molar-refractivity contribution in [3.63, 3.8) is 0 Å². The highest BCUT2D eigenvalue weighted by atomic mass is 16.6. The number of ether oxygens (including phenoxy) is 2. The maximum Gasteiger partial charge on any atom is 0.346 e. The van der Waals surface area contributed by atoms with Crippen molar-refractivity contribution in [3.8, 4) is 0 Å². The van der Waals surface area contributed by atoms with Gasteiger partial charge in [0, 0.05) is 12.6 Å². The van der Waals surface area contributed by atoms with E-state index in [2.05, 4.69) is 0 Å². The van der Waals surface area contributed by atoms with Crippen molar-refractivity contribution in [2.45, 2.75) is 37.6 Å². The Bertz CT molecular complexity index is 905. The van der Waals surface area contributed by atoms with E-state index >= 15 is 0 Å². The molecule has 0 aliphatic carbocycles. The molecule has 1 aliphatic heterocycles. The highest BCUT2D eigenvalue weighted by Crippen LogP contribution is 2.53. The summed E-state index contributed by atoms with van der Waals surface area (Å²) < 4.78 is 11.4. The quantitative estimate of drug-likeness (QED) is 0.822. The molecule has 2 aromatic rings. The molecule has 0 bridgehead atoms. The lowest BCUT2D eigenvalue weighted by Gasteiger charge is -2.45. The summed E-state index contributed by atoms with van der Waals surface area (Å²) in [6, 6.07) is 15.3. The van der Waals surface area contributed by atoms with Crippen LogP contribution in [0.3, 0.4) is 0 Å². The van der Waals surface area contributed by atoms with Crippen molar-refractivity contribution in [3.05, 3.63) is 65.7 Å². The van der Waals surface area contributed by atoms with Crippen LogP contribution >= 0.6 is 0 Å². The molecule has 1 N–H and O–H groups in total. The molecular formula is C22H25NO5. The molecule has 1 heterocycles. The Balaban J connectivity index is 2.43. The Kier molecular flexibility index (Phi) is 4.81. The number of benzene rings is 2. The van der Waals surface area contributed by atoms with Gasteiger partial charge >= 0.3 is 5.97 Å². The zero-order chi connectivity index (χ0) is 20.7. The lowest BCUT2D eigenvalue weighted by molar-refractivity contribution is -0.242. The number of rotatable bonds is 4. The summed E-state index contributed by atoms with van der Waals surface area (Å²) in [5.41, 5.74) is -4.15. The number of likely N-dealkylation sites (N-methyl/N-ethyl adjacent to an activating group) is 1. The number of methoxy groups -OCH3 is 1. The van der Waals surface area contributed by atoms with E-state index in [-0.39, 0.29) is 0 Å². The van der Waals surface area contributed by atoms with Crippen LogP contribution in [0.4, 0.5) is 5.69 Å². The summed E-state index contributed by atoms with van der Waals surface area (Å²) in [7, 11) is 2.77. The van der Waals surface area contributed by atoms with Crippen molar-refractivity contribution in [2.75, 3.05) is 19.1 Å².